The molecule has 138 valence electrons. The molecule has 0 N–H and O–H groups in total. The third-order valence-corrected chi connectivity index (χ3v) is 4.90. The van der Waals surface area contributed by atoms with Gasteiger partial charge >= 0.3 is 0 Å². The Morgan fingerprint density at radius 1 is 1.23 bits per heavy atom. The highest BCUT2D eigenvalue weighted by atomic mass is 32.2. The minimum absolute atomic E-state index is 0.0260. The Kier molecular flexibility index (Phi) is 4.74. The van der Waals surface area contributed by atoms with Crippen LogP contribution in [0.25, 0.3) is 5.82 Å². The van der Waals surface area contributed by atoms with Gasteiger partial charge in [0.05, 0.1) is 11.3 Å². The van der Waals surface area contributed by atoms with Crippen molar-refractivity contribution in [2.24, 2.45) is 0 Å². The molecule has 0 aliphatic carbocycles. The van der Waals surface area contributed by atoms with E-state index < -0.39 is 0 Å². The molecule has 0 amide bonds. The number of nitrogens with zero attached hydrogens (tertiary/aromatic N) is 6. The van der Waals surface area contributed by atoms with Crippen LogP contribution < -0.4 is 0 Å². The van der Waals surface area contributed by atoms with Gasteiger partial charge in [-0.2, -0.15) is 0 Å². The summed E-state index contributed by atoms with van der Waals surface area (Å²) >= 11 is 1.34. The standard InChI is InChI=1S/C17H22N6O2S/c1-10-7-13(12(3)22(10)15-8-11(2)25-19-15)14(24)9-26-16-18-20-21-23(16)17(4,5)6/h7-8H,9H2,1-6H3. The van der Waals surface area contributed by atoms with Crippen molar-refractivity contribution in [2.45, 2.75) is 52.2 Å². The number of thioether (sulfide) groups is 1. The van der Waals surface area contributed by atoms with Crippen LogP contribution in [-0.2, 0) is 5.54 Å². The van der Waals surface area contributed by atoms with Gasteiger partial charge < -0.3 is 4.52 Å². The van der Waals surface area contributed by atoms with Crippen LogP contribution in [0.3, 0.4) is 0 Å². The molecule has 0 atom stereocenters. The first-order chi connectivity index (χ1) is 12.2. The lowest BCUT2D eigenvalue weighted by molar-refractivity contribution is 0.102. The van der Waals surface area contributed by atoms with Crippen LogP contribution in [-0.4, -0.2) is 41.5 Å². The van der Waals surface area contributed by atoms with Crippen LogP contribution in [0, 0.1) is 20.8 Å². The topological polar surface area (TPSA) is 91.6 Å². The van der Waals surface area contributed by atoms with Crippen molar-refractivity contribution < 1.29 is 9.32 Å². The second kappa shape index (κ2) is 6.71. The molecule has 0 spiro atoms. The molecule has 26 heavy (non-hydrogen) atoms. The summed E-state index contributed by atoms with van der Waals surface area (Å²) in [4.78, 5) is 12.8. The van der Waals surface area contributed by atoms with E-state index >= 15 is 0 Å². The van der Waals surface area contributed by atoms with Gasteiger partial charge in [-0.15, -0.1) is 5.10 Å². The van der Waals surface area contributed by atoms with E-state index in [1.807, 2.05) is 58.2 Å². The smallest absolute Gasteiger partial charge is 0.210 e. The molecule has 3 aromatic rings. The van der Waals surface area contributed by atoms with Gasteiger partial charge in [-0.05, 0) is 58.0 Å². The maximum absolute atomic E-state index is 12.8. The first-order valence-corrected chi connectivity index (χ1v) is 9.24. The van der Waals surface area contributed by atoms with Gasteiger partial charge in [0.15, 0.2) is 11.6 Å². The Balaban J connectivity index is 1.81. The van der Waals surface area contributed by atoms with Crippen molar-refractivity contribution in [3.63, 3.8) is 0 Å². The molecular formula is C17H22N6O2S. The Bertz CT molecular complexity index is 947. The number of carbonyl (C=O) groups excluding carboxylic acids is 1. The number of aryl methyl sites for hydroxylation is 2. The van der Waals surface area contributed by atoms with Gasteiger partial charge in [0.25, 0.3) is 0 Å². The second-order valence-electron chi connectivity index (χ2n) is 7.17. The van der Waals surface area contributed by atoms with E-state index in [9.17, 15) is 4.79 Å². The molecule has 0 fully saturated rings. The molecule has 3 rings (SSSR count). The summed E-state index contributed by atoms with van der Waals surface area (Å²) in [6.07, 6.45) is 0. The Morgan fingerprint density at radius 2 is 1.96 bits per heavy atom. The average molecular weight is 374 g/mol. The molecule has 8 nitrogen and oxygen atoms in total. The Hall–Kier alpha value is -2.42. The highest BCUT2D eigenvalue weighted by molar-refractivity contribution is 7.99. The summed E-state index contributed by atoms with van der Waals surface area (Å²) in [5.74, 6) is 1.70. The van der Waals surface area contributed by atoms with Crippen LogP contribution in [0.15, 0.2) is 21.8 Å². The van der Waals surface area contributed by atoms with Crippen LogP contribution in [0.4, 0.5) is 0 Å². The molecule has 0 bridgehead atoms. The number of tetrazole rings is 1. The predicted molar refractivity (Wildman–Crippen MR) is 97.9 cm³/mol. The largest absolute Gasteiger partial charge is 0.360 e. The highest BCUT2D eigenvalue weighted by Crippen LogP contribution is 2.25. The van der Waals surface area contributed by atoms with E-state index in [-0.39, 0.29) is 17.1 Å². The zero-order chi connectivity index (χ0) is 19.1. The number of aromatic nitrogens is 6. The Labute approximate surface area is 155 Å². The summed E-state index contributed by atoms with van der Waals surface area (Å²) in [5.41, 5.74) is 2.21. The monoisotopic (exact) mass is 374 g/mol. The minimum atomic E-state index is -0.241. The molecule has 0 unspecified atom stereocenters. The molecule has 0 radical (unpaired) electrons. The van der Waals surface area contributed by atoms with Gasteiger partial charge in [-0.25, -0.2) is 4.68 Å². The van der Waals surface area contributed by atoms with Crippen LogP contribution in [0.5, 0.6) is 0 Å². The molecule has 9 heteroatoms. The fourth-order valence-electron chi connectivity index (χ4n) is 2.75. The van der Waals surface area contributed by atoms with Crippen molar-refractivity contribution in [1.29, 1.82) is 0 Å². The number of Topliss-reactive ketones (excluding diaryl/α,β-unsaturated/α-hetero) is 1. The van der Waals surface area contributed by atoms with Crippen LogP contribution >= 0.6 is 11.8 Å². The van der Waals surface area contributed by atoms with E-state index in [0.717, 1.165) is 17.1 Å². The van der Waals surface area contributed by atoms with Crippen molar-refractivity contribution in [3.05, 3.63) is 34.8 Å². The maximum Gasteiger partial charge on any atom is 0.210 e. The van der Waals surface area contributed by atoms with Crippen molar-refractivity contribution in [2.75, 3.05) is 5.75 Å². The number of ketones is 1. The maximum atomic E-state index is 12.8. The van der Waals surface area contributed by atoms with Gasteiger partial charge in [0.1, 0.15) is 5.76 Å². The lowest BCUT2D eigenvalue weighted by Gasteiger charge is -2.19. The third kappa shape index (κ3) is 3.44. The fraction of sp³-hybridized carbons (Fsp3) is 0.471. The molecular weight excluding hydrogens is 352 g/mol. The van der Waals surface area contributed by atoms with Crippen molar-refractivity contribution in [3.8, 4) is 5.82 Å². The number of rotatable bonds is 5. The lowest BCUT2D eigenvalue weighted by Crippen LogP contribution is -2.24. The molecule has 0 aliphatic heterocycles. The molecule has 0 saturated heterocycles. The van der Waals surface area contributed by atoms with E-state index in [1.165, 1.54) is 11.8 Å². The summed E-state index contributed by atoms with van der Waals surface area (Å²) < 4.78 is 8.81. The normalized spacial score (nSPS) is 11.9. The van der Waals surface area contributed by atoms with Crippen molar-refractivity contribution >= 4 is 17.5 Å². The predicted octanol–water partition coefficient (Wildman–Crippen LogP) is 3.11. The van der Waals surface area contributed by atoms with Crippen LogP contribution in [0.1, 0.15) is 48.3 Å². The molecule has 0 aromatic carbocycles. The van der Waals surface area contributed by atoms with Gasteiger partial charge in [-0.1, -0.05) is 16.9 Å². The molecule has 0 saturated carbocycles. The summed E-state index contributed by atoms with van der Waals surface area (Å²) in [6.45, 7) is 11.7. The quantitative estimate of drug-likeness (QED) is 0.500. The number of carbonyl (C=O) groups is 1. The Morgan fingerprint density at radius 3 is 2.58 bits per heavy atom. The SMILES string of the molecule is Cc1cc(-n2c(C)cc(C(=O)CSc3nnnn3C(C)(C)C)c2C)no1. The second-order valence-corrected chi connectivity index (χ2v) is 8.11. The van der Waals surface area contributed by atoms with E-state index in [2.05, 4.69) is 20.7 Å². The zero-order valence-corrected chi connectivity index (χ0v) is 16.6. The summed E-state index contributed by atoms with van der Waals surface area (Å²) in [6, 6.07) is 3.73. The first-order valence-electron chi connectivity index (χ1n) is 8.26. The summed E-state index contributed by atoms with van der Waals surface area (Å²) in [7, 11) is 0. The van der Waals surface area contributed by atoms with Gasteiger partial charge in [-0.3, -0.25) is 9.36 Å². The molecule has 3 heterocycles. The number of hydrogen-bond acceptors (Lipinski definition) is 7. The first kappa shape index (κ1) is 18.4. The molecule has 0 aliphatic rings. The van der Waals surface area contributed by atoms with E-state index in [1.54, 1.807) is 4.68 Å². The van der Waals surface area contributed by atoms with Gasteiger partial charge in [0.2, 0.25) is 5.16 Å². The third-order valence-electron chi connectivity index (χ3n) is 3.98. The van der Waals surface area contributed by atoms with E-state index in [4.69, 9.17) is 4.52 Å². The average Bonchev–Trinajstić information content (AvgIpc) is 3.24. The number of hydrogen-bond donors (Lipinski definition) is 0. The lowest BCUT2D eigenvalue weighted by atomic mass is 10.1. The highest BCUT2D eigenvalue weighted by Gasteiger charge is 2.22. The minimum Gasteiger partial charge on any atom is -0.360 e. The van der Waals surface area contributed by atoms with E-state index in [0.29, 0.717) is 16.5 Å². The fourth-order valence-corrected chi connectivity index (χ4v) is 3.70. The zero-order valence-electron chi connectivity index (χ0n) is 15.8. The van der Waals surface area contributed by atoms with Crippen LogP contribution in [0.2, 0.25) is 0 Å². The van der Waals surface area contributed by atoms with Gasteiger partial charge in [0, 0.05) is 23.0 Å². The summed E-state index contributed by atoms with van der Waals surface area (Å²) in [5, 5.41) is 16.4. The molecule has 3 aromatic heterocycles. The van der Waals surface area contributed by atoms with Crippen molar-refractivity contribution in [1.82, 2.24) is 29.9 Å².